The number of hydrogen-bond donors (Lipinski definition) is 4. The van der Waals surface area contributed by atoms with E-state index in [1.807, 2.05) is 0 Å². The molecule has 3 amide bonds. The predicted octanol–water partition coefficient (Wildman–Crippen LogP) is 0.945. The lowest BCUT2D eigenvalue weighted by Crippen LogP contribution is -2.45. The van der Waals surface area contributed by atoms with Crippen LogP contribution in [-0.4, -0.2) is 33.5 Å². The van der Waals surface area contributed by atoms with Crippen LogP contribution in [0.1, 0.15) is 37.2 Å². The van der Waals surface area contributed by atoms with E-state index in [1.165, 1.54) is 18.3 Å². The largest absolute Gasteiger partial charge is 0.481 e. The number of amides is 3. The van der Waals surface area contributed by atoms with E-state index in [1.54, 1.807) is 13.8 Å². The molecular weight excluding hydrogens is 276 g/mol. The number of carboxylic acid groups (broad SMARTS) is 1. The summed E-state index contributed by atoms with van der Waals surface area (Å²) in [5.74, 6) is -1.57. The Morgan fingerprint density at radius 1 is 1.33 bits per heavy atom. The third kappa shape index (κ3) is 5.89. The first-order chi connectivity index (χ1) is 9.69. The van der Waals surface area contributed by atoms with Crippen LogP contribution >= 0.6 is 0 Å². The number of aliphatic carboxylic acids is 1. The van der Waals surface area contributed by atoms with Gasteiger partial charge in [0.15, 0.2) is 0 Å². The Bertz CT molecular complexity index is 540. The highest BCUT2D eigenvalue weighted by molar-refractivity contribution is 5.92. The standard InChI is InChI=1S/C13H18N4O4/c1-13(2,6-5-10(18)19)17-12(21)16-8-3-4-9(11(14)20)15-7-8/h3-4,7H,5-6H2,1-2H3,(H2,14,20)(H,18,19)(H2,16,17,21). The summed E-state index contributed by atoms with van der Waals surface area (Å²) in [5, 5.41) is 13.8. The molecule has 114 valence electrons. The molecule has 0 aliphatic carbocycles. The summed E-state index contributed by atoms with van der Waals surface area (Å²) in [4.78, 5) is 37.0. The van der Waals surface area contributed by atoms with Gasteiger partial charge in [-0.15, -0.1) is 0 Å². The van der Waals surface area contributed by atoms with Crippen LogP contribution in [0.3, 0.4) is 0 Å². The maximum absolute atomic E-state index is 11.8. The minimum atomic E-state index is -0.920. The number of carbonyl (C=O) groups excluding carboxylic acids is 2. The van der Waals surface area contributed by atoms with E-state index < -0.39 is 23.4 Å². The molecule has 0 unspecified atom stereocenters. The second kappa shape index (κ2) is 6.69. The fraction of sp³-hybridized carbons (Fsp3) is 0.385. The van der Waals surface area contributed by atoms with Gasteiger partial charge in [0, 0.05) is 12.0 Å². The lowest BCUT2D eigenvalue weighted by atomic mass is 9.99. The van der Waals surface area contributed by atoms with Gasteiger partial charge in [-0.05, 0) is 32.4 Å². The third-order valence-electron chi connectivity index (χ3n) is 2.69. The van der Waals surface area contributed by atoms with Gasteiger partial charge in [-0.1, -0.05) is 0 Å². The average molecular weight is 294 g/mol. The monoisotopic (exact) mass is 294 g/mol. The molecule has 0 aromatic carbocycles. The van der Waals surface area contributed by atoms with Crippen molar-refractivity contribution < 1.29 is 19.5 Å². The molecule has 1 rings (SSSR count). The van der Waals surface area contributed by atoms with Crippen molar-refractivity contribution in [2.75, 3.05) is 5.32 Å². The first-order valence-electron chi connectivity index (χ1n) is 6.26. The van der Waals surface area contributed by atoms with Gasteiger partial charge in [0.25, 0.3) is 5.91 Å². The smallest absolute Gasteiger partial charge is 0.319 e. The Labute approximate surface area is 121 Å². The van der Waals surface area contributed by atoms with E-state index >= 15 is 0 Å². The summed E-state index contributed by atoms with van der Waals surface area (Å²) in [6.07, 6.45) is 1.57. The number of hydrogen-bond acceptors (Lipinski definition) is 4. The number of rotatable bonds is 6. The van der Waals surface area contributed by atoms with Crippen molar-refractivity contribution in [1.82, 2.24) is 10.3 Å². The SMILES string of the molecule is CC(C)(CCC(=O)O)NC(=O)Nc1ccc(C(N)=O)nc1. The van der Waals surface area contributed by atoms with Crippen LogP contribution in [-0.2, 0) is 4.79 Å². The van der Waals surface area contributed by atoms with Crippen molar-refractivity contribution in [3.05, 3.63) is 24.0 Å². The van der Waals surface area contributed by atoms with Gasteiger partial charge >= 0.3 is 12.0 Å². The van der Waals surface area contributed by atoms with Crippen molar-refractivity contribution in [1.29, 1.82) is 0 Å². The zero-order valence-electron chi connectivity index (χ0n) is 11.8. The first-order valence-corrected chi connectivity index (χ1v) is 6.26. The summed E-state index contributed by atoms with van der Waals surface area (Å²) < 4.78 is 0. The van der Waals surface area contributed by atoms with E-state index in [4.69, 9.17) is 10.8 Å². The number of pyridine rings is 1. The van der Waals surface area contributed by atoms with Gasteiger partial charge in [0.05, 0.1) is 11.9 Å². The Hall–Kier alpha value is -2.64. The van der Waals surface area contributed by atoms with Gasteiger partial charge in [-0.2, -0.15) is 0 Å². The van der Waals surface area contributed by atoms with E-state index in [9.17, 15) is 14.4 Å². The van der Waals surface area contributed by atoms with Crippen molar-refractivity contribution in [2.24, 2.45) is 5.73 Å². The first kappa shape index (κ1) is 16.4. The number of urea groups is 1. The van der Waals surface area contributed by atoms with Gasteiger partial charge in [-0.25, -0.2) is 9.78 Å². The molecule has 1 aromatic rings. The molecule has 0 spiro atoms. The predicted molar refractivity (Wildman–Crippen MR) is 75.9 cm³/mol. The molecule has 1 heterocycles. The summed E-state index contributed by atoms with van der Waals surface area (Å²) >= 11 is 0. The number of carboxylic acids is 1. The number of nitrogens with two attached hydrogens (primary N) is 1. The molecule has 5 N–H and O–H groups in total. The molecule has 8 heteroatoms. The highest BCUT2D eigenvalue weighted by Crippen LogP contribution is 2.12. The summed E-state index contributed by atoms with van der Waals surface area (Å²) in [7, 11) is 0. The number of nitrogens with one attached hydrogen (secondary N) is 2. The van der Waals surface area contributed by atoms with Crippen LogP contribution in [0.2, 0.25) is 0 Å². The number of nitrogens with zero attached hydrogens (tertiary/aromatic N) is 1. The lowest BCUT2D eigenvalue weighted by molar-refractivity contribution is -0.137. The highest BCUT2D eigenvalue weighted by atomic mass is 16.4. The Morgan fingerprint density at radius 3 is 2.48 bits per heavy atom. The Balaban J connectivity index is 2.56. The molecule has 8 nitrogen and oxygen atoms in total. The molecule has 21 heavy (non-hydrogen) atoms. The molecule has 0 radical (unpaired) electrons. The van der Waals surface area contributed by atoms with E-state index in [0.29, 0.717) is 12.1 Å². The maximum Gasteiger partial charge on any atom is 0.319 e. The lowest BCUT2D eigenvalue weighted by Gasteiger charge is -2.25. The Kier molecular flexibility index (Phi) is 5.23. The maximum atomic E-state index is 11.8. The summed E-state index contributed by atoms with van der Waals surface area (Å²) in [6.45, 7) is 3.45. The molecule has 0 saturated carbocycles. The van der Waals surface area contributed by atoms with Crippen LogP contribution in [0.25, 0.3) is 0 Å². The molecule has 0 aliphatic rings. The van der Waals surface area contributed by atoms with Gasteiger partial charge < -0.3 is 21.5 Å². The fourth-order valence-electron chi connectivity index (χ4n) is 1.57. The van der Waals surface area contributed by atoms with Gasteiger partial charge in [0.1, 0.15) is 5.69 Å². The van der Waals surface area contributed by atoms with Crippen LogP contribution < -0.4 is 16.4 Å². The summed E-state index contributed by atoms with van der Waals surface area (Å²) in [6, 6.07) is 2.41. The van der Waals surface area contributed by atoms with Crippen LogP contribution in [0, 0.1) is 0 Å². The Morgan fingerprint density at radius 2 is 2.00 bits per heavy atom. The number of primary amides is 1. The molecule has 1 aromatic heterocycles. The zero-order valence-corrected chi connectivity index (χ0v) is 11.8. The van der Waals surface area contributed by atoms with Crippen molar-refractivity contribution in [3.63, 3.8) is 0 Å². The van der Waals surface area contributed by atoms with Crippen LogP contribution in [0.15, 0.2) is 18.3 Å². The molecule has 0 bridgehead atoms. The van der Waals surface area contributed by atoms with Crippen LogP contribution in [0.5, 0.6) is 0 Å². The molecule has 0 fully saturated rings. The van der Waals surface area contributed by atoms with E-state index in [2.05, 4.69) is 15.6 Å². The van der Waals surface area contributed by atoms with Crippen molar-refractivity contribution >= 4 is 23.6 Å². The number of aromatic nitrogens is 1. The van der Waals surface area contributed by atoms with Crippen LogP contribution in [0.4, 0.5) is 10.5 Å². The van der Waals surface area contributed by atoms with Gasteiger partial charge in [-0.3, -0.25) is 9.59 Å². The van der Waals surface area contributed by atoms with Gasteiger partial charge in [0.2, 0.25) is 0 Å². The van der Waals surface area contributed by atoms with Crippen molar-refractivity contribution in [2.45, 2.75) is 32.2 Å². The van der Waals surface area contributed by atoms with Crippen molar-refractivity contribution in [3.8, 4) is 0 Å². The second-order valence-electron chi connectivity index (χ2n) is 5.15. The minimum absolute atomic E-state index is 0.0395. The van der Waals surface area contributed by atoms with E-state index in [-0.39, 0.29) is 12.1 Å². The molecular formula is C13H18N4O4. The zero-order chi connectivity index (χ0) is 16.0. The molecule has 0 saturated heterocycles. The highest BCUT2D eigenvalue weighted by Gasteiger charge is 2.21. The quantitative estimate of drug-likeness (QED) is 0.619. The molecule has 0 aliphatic heterocycles. The summed E-state index contributed by atoms with van der Waals surface area (Å²) in [5.41, 5.74) is 4.89. The third-order valence-corrected chi connectivity index (χ3v) is 2.69. The molecule has 0 atom stereocenters. The second-order valence-corrected chi connectivity index (χ2v) is 5.15. The fourth-order valence-corrected chi connectivity index (χ4v) is 1.57. The minimum Gasteiger partial charge on any atom is -0.481 e. The topological polar surface area (TPSA) is 134 Å². The number of anilines is 1. The average Bonchev–Trinajstić information content (AvgIpc) is 2.36. The normalized spacial score (nSPS) is 10.8. The van der Waals surface area contributed by atoms with E-state index in [0.717, 1.165) is 0 Å². The number of carbonyl (C=O) groups is 3.